The number of methoxy groups -OCH3 is 1. The number of carbonyl (C=O) groups is 1. The number of benzene rings is 2. The molecule has 1 unspecified atom stereocenters. The van der Waals surface area contributed by atoms with Crippen molar-refractivity contribution in [2.45, 2.75) is 18.9 Å². The number of nitrogens with one attached hydrogen (secondary N) is 3. The Balaban J connectivity index is 1.63. The van der Waals surface area contributed by atoms with Crippen molar-refractivity contribution in [1.29, 1.82) is 0 Å². The minimum Gasteiger partial charge on any atom is -0.494 e. The highest BCUT2D eigenvalue weighted by molar-refractivity contribution is 6.31. The number of amides is 1. The summed E-state index contributed by atoms with van der Waals surface area (Å²) in [4.78, 5) is 21.0. The lowest BCUT2D eigenvalue weighted by Crippen LogP contribution is -2.19. The van der Waals surface area contributed by atoms with Crippen molar-refractivity contribution >= 4 is 45.6 Å². The van der Waals surface area contributed by atoms with Crippen LogP contribution >= 0.6 is 11.6 Å². The summed E-state index contributed by atoms with van der Waals surface area (Å²) in [7, 11) is 1.52. The van der Waals surface area contributed by atoms with Gasteiger partial charge in [0, 0.05) is 29.3 Å². The highest BCUT2D eigenvalue weighted by Gasteiger charge is 2.14. The van der Waals surface area contributed by atoms with Crippen molar-refractivity contribution < 1.29 is 13.9 Å². The van der Waals surface area contributed by atoms with E-state index in [0.29, 0.717) is 33.8 Å². The van der Waals surface area contributed by atoms with E-state index in [-0.39, 0.29) is 17.0 Å². The molecule has 0 aliphatic carbocycles. The van der Waals surface area contributed by atoms with Gasteiger partial charge in [-0.05, 0) is 43.7 Å². The summed E-state index contributed by atoms with van der Waals surface area (Å²) in [6.45, 7) is 0.962. The van der Waals surface area contributed by atoms with Crippen molar-refractivity contribution in [2.24, 2.45) is 0 Å². The number of fused-ring (bicyclic) bond motifs is 1. The Bertz CT molecular complexity index is 1150. The second-order valence-corrected chi connectivity index (χ2v) is 7.50. The Morgan fingerprint density at radius 2 is 2.19 bits per heavy atom. The summed E-state index contributed by atoms with van der Waals surface area (Å²) in [6.07, 6.45) is 6.91. The highest BCUT2D eigenvalue weighted by atomic mass is 35.5. The number of rotatable bonds is 6. The van der Waals surface area contributed by atoms with E-state index in [2.05, 4.69) is 25.9 Å². The Morgan fingerprint density at radius 1 is 1.32 bits per heavy atom. The first-order valence-electron chi connectivity index (χ1n) is 9.81. The number of halogens is 2. The standard InChI is InChI=1S/C22H21ClFN5O2/c1-31-20-11-18-15(10-19(20)29-21(30)7-5-13-3-2-8-25-13)22(27-12-26-18)28-14-4-6-17(24)16(23)9-14/h4-7,9-13,25H,2-3,8H2,1H3,(H,29,30)(H,26,27,28)/b7-5+. The minimum absolute atomic E-state index is 0.00141. The Labute approximate surface area is 183 Å². The van der Waals surface area contributed by atoms with Gasteiger partial charge in [0.2, 0.25) is 5.91 Å². The molecule has 1 atom stereocenters. The fourth-order valence-electron chi connectivity index (χ4n) is 3.41. The van der Waals surface area contributed by atoms with E-state index in [9.17, 15) is 9.18 Å². The van der Waals surface area contributed by atoms with Crippen LogP contribution in [0.2, 0.25) is 5.02 Å². The fraction of sp³-hybridized carbons (Fsp3) is 0.227. The lowest BCUT2D eigenvalue weighted by Gasteiger charge is -2.13. The van der Waals surface area contributed by atoms with E-state index < -0.39 is 5.82 Å². The van der Waals surface area contributed by atoms with Gasteiger partial charge in [-0.25, -0.2) is 14.4 Å². The number of anilines is 3. The van der Waals surface area contributed by atoms with Gasteiger partial charge in [-0.1, -0.05) is 17.7 Å². The maximum absolute atomic E-state index is 13.5. The van der Waals surface area contributed by atoms with Crippen molar-refractivity contribution in [3.63, 3.8) is 0 Å². The van der Waals surface area contributed by atoms with Gasteiger partial charge in [-0.15, -0.1) is 0 Å². The maximum Gasteiger partial charge on any atom is 0.248 e. The molecule has 2 aromatic carbocycles. The van der Waals surface area contributed by atoms with Gasteiger partial charge in [0.15, 0.2) is 0 Å². The van der Waals surface area contributed by atoms with Crippen molar-refractivity contribution in [2.75, 3.05) is 24.3 Å². The predicted molar refractivity (Wildman–Crippen MR) is 120 cm³/mol. The Hall–Kier alpha value is -3.23. The molecule has 0 spiro atoms. The average Bonchev–Trinajstić information content (AvgIpc) is 3.28. The predicted octanol–water partition coefficient (Wildman–Crippen LogP) is 4.42. The molecule has 1 aliphatic rings. The van der Waals surface area contributed by atoms with Gasteiger partial charge in [-0.3, -0.25) is 4.79 Å². The van der Waals surface area contributed by atoms with Crippen LogP contribution in [0, 0.1) is 5.82 Å². The first-order valence-corrected chi connectivity index (χ1v) is 10.2. The van der Waals surface area contributed by atoms with E-state index in [0.717, 1.165) is 19.4 Å². The van der Waals surface area contributed by atoms with Crippen LogP contribution in [0.3, 0.4) is 0 Å². The molecule has 31 heavy (non-hydrogen) atoms. The topological polar surface area (TPSA) is 88.2 Å². The van der Waals surface area contributed by atoms with Crippen molar-refractivity contribution in [3.05, 3.63) is 59.7 Å². The average molecular weight is 442 g/mol. The lowest BCUT2D eigenvalue weighted by molar-refractivity contribution is -0.111. The van der Waals surface area contributed by atoms with Gasteiger partial charge < -0.3 is 20.7 Å². The second-order valence-electron chi connectivity index (χ2n) is 7.10. The van der Waals surface area contributed by atoms with E-state index in [4.69, 9.17) is 16.3 Å². The smallest absolute Gasteiger partial charge is 0.248 e. The number of aromatic nitrogens is 2. The Morgan fingerprint density at radius 3 is 2.94 bits per heavy atom. The monoisotopic (exact) mass is 441 g/mol. The van der Waals surface area contributed by atoms with Crippen LogP contribution in [0.5, 0.6) is 5.75 Å². The number of ether oxygens (including phenoxy) is 1. The third-order valence-corrected chi connectivity index (χ3v) is 5.26. The van der Waals surface area contributed by atoms with E-state index >= 15 is 0 Å². The third kappa shape index (κ3) is 4.92. The van der Waals surface area contributed by atoms with E-state index in [1.807, 2.05) is 6.08 Å². The van der Waals surface area contributed by atoms with Crippen LogP contribution in [-0.2, 0) is 4.79 Å². The summed E-state index contributed by atoms with van der Waals surface area (Å²) < 4.78 is 18.9. The number of carbonyl (C=O) groups excluding carboxylic acids is 1. The highest BCUT2D eigenvalue weighted by Crippen LogP contribution is 2.33. The number of nitrogens with zero attached hydrogens (tertiary/aromatic N) is 2. The molecule has 1 saturated heterocycles. The number of hydrogen-bond donors (Lipinski definition) is 3. The summed E-state index contributed by atoms with van der Waals surface area (Å²) >= 11 is 5.87. The summed E-state index contributed by atoms with van der Waals surface area (Å²) in [5.74, 6) is 0.192. The quantitative estimate of drug-likeness (QED) is 0.491. The zero-order chi connectivity index (χ0) is 21.8. The molecule has 0 bridgehead atoms. The van der Waals surface area contributed by atoms with Crippen LogP contribution in [0.15, 0.2) is 48.8 Å². The molecule has 9 heteroatoms. The van der Waals surface area contributed by atoms with Crippen LogP contribution in [0.4, 0.5) is 21.6 Å². The molecular formula is C22H21ClFN5O2. The molecule has 3 N–H and O–H groups in total. The van der Waals surface area contributed by atoms with E-state index in [1.165, 1.54) is 31.6 Å². The SMILES string of the molecule is COc1cc2ncnc(Nc3ccc(F)c(Cl)c3)c2cc1NC(=O)/C=C/C1CCCN1. The Kier molecular flexibility index (Phi) is 6.29. The molecule has 1 amide bonds. The molecule has 0 saturated carbocycles. The summed E-state index contributed by atoms with van der Waals surface area (Å²) in [5, 5.41) is 9.94. The van der Waals surface area contributed by atoms with Crippen molar-refractivity contribution in [1.82, 2.24) is 15.3 Å². The molecule has 160 valence electrons. The zero-order valence-corrected chi connectivity index (χ0v) is 17.5. The normalized spacial score (nSPS) is 16.0. The third-order valence-electron chi connectivity index (χ3n) is 4.98. The second kappa shape index (κ2) is 9.28. The summed E-state index contributed by atoms with van der Waals surface area (Å²) in [5.41, 5.74) is 1.67. The van der Waals surface area contributed by atoms with Crippen LogP contribution in [0.25, 0.3) is 10.9 Å². The van der Waals surface area contributed by atoms with Gasteiger partial charge in [0.1, 0.15) is 23.7 Å². The van der Waals surface area contributed by atoms with Gasteiger partial charge in [0.05, 0.1) is 23.3 Å². The molecule has 1 aromatic heterocycles. The van der Waals surface area contributed by atoms with Crippen LogP contribution < -0.4 is 20.7 Å². The van der Waals surface area contributed by atoms with Crippen molar-refractivity contribution in [3.8, 4) is 5.75 Å². The molecule has 1 fully saturated rings. The van der Waals surface area contributed by atoms with Gasteiger partial charge in [0.25, 0.3) is 0 Å². The van der Waals surface area contributed by atoms with Crippen LogP contribution in [-0.4, -0.2) is 35.6 Å². The maximum atomic E-state index is 13.5. The summed E-state index contributed by atoms with van der Waals surface area (Å²) in [6, 6.07) is 7.98. The fourth-order valence-corrected chi connectivity index (χ4v) is 3.59. The molecule has 4 rings (SSSR count). The van der Waals surface area contributed by atoms with Gasteiger partial charge >= 0.3 is 0 Å². The largest absolute Gasteiger partial charge is 0.494 e. The molecule has 1 aliphatic heterocycles. The molecular weight excluding hydrogens is 421 g/mol. The molecule has 7 nitrogen and oxygen atoms in total. The van der Waals surface area contributed by atoms with E-state index in [1.54, 1.807) is 18.2 Å². The first kappa shape index (κ1) is 21.0. The first-order chi connectivity index (χ1) is 15.0. The van der Waals surface area contributed by atoms with Crippen LogP contribution in [0.1, 0.15) is 12.8 Å². The molecule has 3 aromatic rings. The van der Waals surface area contributed by atoms with Gasteiger partial charge in [-0.2, -0.15) is 0 Å². The zero-order valence-electron chi connectivity index (χ0n) is 16.8. The number of hydrogen-bond acceptors (Lipinski definition) is 6. The minimum atomic E-state index is -0.504. The molecule has 0 radical (unpaired) electrons. The molecule has 2 heterocycles. The lowest BCUT2D eigenvalue weighted by atomic mass is 10.1.